The van der Waals surface area contributed by atoms with Gasteiger partial charge in [-0.2, -0.15) is 4.98 Å². The van der Waals surface area contributed by atoms with Crippen LogP contribution in [0.2, 0.25) is 0 Å². The number of rotatable bonds is 1. The molecule has 2 heterocycles. The highest BCUT2D eigenvalue weighted by atomic mass is 16.1. The van der Waals surface area contributed by atoms with Crippen LogP contribution >= 0.6 is 0 Å². The van der Waals surface area contributed by atoms with E-state index in [2.05, 4.69) is 15.0 Å². The van der Waals surface area contributed by atoms with E-state index in [-0.39, 0.29) is 5.69 Å². The number of aromatic nitrogens is 3. The highest BCUT2D eigenvalue weighted by Gasteiger charge is 2.09. The molecule has 0 aliphatic carbocycles. The SMILES string of the molecule is CCc1[nH]c(=O)nc2[nH]c3ccccc3c12. The average Bonchev–Trinajstić information content (AvgIpc) is 2.65. The Morgan fingerprint density at radius 3 is 2.88 bits per heavy atom. The lowest BCUT2D eigenvalue weighted by Gasteiger charge is -1.98. The van der Waals surface area contributed by atoms with Gasteiger partial charge in [-0.3, -0.25) is 0 Å². The molecular weight excluding hydrogens is 202 g/mol. The predicted octanol–water partition coefficient (Wildman–Crippen LogP) is 1.97. The monoisotopic (exact) mass is 213 g/mol. The summed E-state index contributed by atoms with van der Waals surface area (Å²) in [5.41, 5.74) is 2.32. The van der Waals surface area contributed by atoms with Gasteiger partial charge >= 0.3 is 5.69 Å². The van der Waals surface area contributed by atoms with Crippen molar-refractivity contribution in [1.82, 2.24) is 15.0 Å². The van der Waals surface area contributed by atoms with Crippen LogP contribution in [0.5, 0.6) is 0 Å². The summed E-state index contributed by atoms with van der Waals surface area (Å²) >= 11 is 0. The van der Waals surface area contributed by atoms with Gasteiger partial charge < -0.3 is 9.97 Å². The molecule has 0 saturated carbocycles. The second kappa shape index (κ2) is 3.20. The van der Waals surface area contributed by atoms with E-state index in [0.717, 1.165) is 28.4 Å². The number of para-hydroxylation sites is 1. The number of benzene rings is 1. The molecule has 0 spiro atoms. The third kappa shape index (κ3) is 1.16. The van der Waals surface area contributed by atoms with E-state index < -0.39 is 0 Å². The minimum atomic E-state index is -0.295. The Hall–Kier alpha value is -2.10. The average molecular weight is 213 g/mol. The van der Waals surface area contributed by atoms with Crippen LogP contribution in [0.25, 0.3) is 21.9 Å². The van der Waals surface area contributed by atoms with Crippen LogP contribution in [0, 0.1) is 0 Å². The van der Waals surface area contributed by atoms with Gasteiger partial charge in [-0.1, -0.05) is 25.1 Å². The summed E-state index contributed by atoms with van der Waals surface area (Å²) in [6.45, 7) is 2.02. The summed E-state index contributed by atoms with van der Waals surface area (Å²) in [5.74, 6) is 0. The molecule has 0 amide bonds. The van der Waals surface area contributed by atoms with Crippen molar-refractivity contribution in [2.24, 2.45) is 0 Å². The van der Waals surface area contributed by atoms with Crippen molar-refractivity contribution >= 4 is 21.9 Å². The molecule has 2 N–H and O–H groups in total. The van der Waals surface area contributed by atoms with E-state index in [4.69, 9.17) is 0 Å². The summed E-state index contributed by atoms with van der Waals surface area (Å²) in [6.07, 6.45) is 0.788. The molecule has 0 radical (unpaired) electrons. The van der Waals surface area contributed by atoms with Gasteiger partial charge in [-0.05, 0) is 12.5 Å². The van der Waals surface area contributed by atoms with E-state index in [1.54, 1.807) is 0 Å². The summed E-state index contributed by atoms with van der Waals surface area (Å²) in [6, 6.07) is 7.97. The van der Waals surface area contributed by atoms with E-state index in [9.17, 15) is 4.79 Å². The minimum Gasteiger partial charge on any atom is -0.339 e. The van der Waals surface area contributed by atoms with Gasteiger partial charge in [0.05, 0.1) is 0 Å². The number of aromatic amines is 2. The van der Waals surface area contributed by atoms with Gasteiger partial charge in [0, 0.05) is 22.0 Å². The zero-order chi connectivity index (χ0) is 11.1. The first-order chi connectivity index (χ1) is 7.79. The van der Waals surface area contributed by atoms with E-state index >= 15 is 0 Å². The predicted molar refractivity (Wildman–Crippen MR) is 63.6 cm³/mol. The fourth-order valence-electron chi connectivity index (χ4n) is 2.10. The first-order valence-electron chi connectivity index (χ1n) is 5.29. The molecule has 1 aromatic carbocycles. The Balaban J connectivity index is 2.60. The lowest BCUT2D eigenvalue weighted by atomic mass is 10.1. The molecule has 16 heavy (non-hydrogen) atoms. The number of nitrogens with zero attached hydrogens (tertiary/aromatic N) is 1. The molecule has 80 valence electrons. The Labute approximate surface area is 91.3 Å². The van der Waals surface area contributed by atoms with Gasteiger partial charge in [0.15, 0.2) is 0 Å². The third-order valence-corrected chi connectivity index (χ3v) is 2.81. The summed E-state index contributed by atoms with van der Waals surface area (Å²) < 4.78 is 0. The van der Waals surface area contributed by atoms with Crippen molar-refractivity contribution in [2.75, 3.05) is 0 Å². The molecule has 2 aromatic heterocycles. The van der Waals surface area contributed by atoms with Gasteiger partial charge in [0.1, 0.15) is 5.65 Å². The molecule has 0 saturated heterocycles. The van der Waals surface area contributed by atoms with E-state index in [1.807, 2.05) is 31.2 Å². The summed E-state index contributed by atoms with van der Waals surface area (Å²) in [5, 5.41) is 2.14. The number of hydrogen-bond acceptors (Lipinski definition) is 2. The second-order valence-electron chi connectivity index (χ2n) is 3.77. The first-order valence-corrected chi connectivity index (χ1v) is 5.29. The van der Waals surface area contributed by atoms with Gasteiger partial charge in [0.2, 0.25) is 0 Å². The maximum Gasteiger partial charge on any atom is 0.347 e. The molecule has 0 aliphatic heterocycles. The highest BCUT2D eigenvalue weighted by molar-refractivity contribution is 6.06. The zero-order valence-corrected chi connectivity index (χ0v) is 8.87. The molecule has 4 nitrogen and oxygen atoms in total. The van der Waals surface area contributed by atoms with Crippen molar-refractivity contribution in [2.45, 2.75) is 13.3 Å². The van der Waals surface area contributed by atoms with Crippen molar-refractivity contribution in [1.29, 1.82) is 0 Å². The maximum atomic E-state index is 11.4. The van der Waals surface area contributed by atoms with Crippen LogP contribution < -0.4 is 5.69 Å². The zero-order valence-electron chi connectivity index (χ0n) is 8.87. The number of H-pyrrole nitrogens is 2. The van der Waals surface area contributed by atoms with Gasteiger partial charge in [-0.15, -0.1) is 0 Å². The van der Waals surface area contributed by atoms with Crippen molar-refractivity contribution in [3.63, 3.8) is 0 Å². The summed E-state index contributed by atoms with van der Waals surface area (Å²) in [7, 11) is 0. The van der Waals surface area contributed by atoms with Crippen LogP contribution in [0.1, 0.15) is 12.6 Å². The number of fused-ring (bicyclic) bond motifs is 3. The lowest BCUT2D eigenvalue weighted by molar-refractivity contribution is 0.988. The van der Waals surface area contributed by atoms with Gasteiger partial charge in [-0.25, -0.2) is 4.79 Å². The van der Waals surface area contributed by atoms with Crippen LogP contribution in [0.3, 0.4) is 0 Å². The molecule has 0 atom stereocenters. The first kappa shape index (κ1) is 9.15. The topological polar surface area (TPSA) is 61.5 Å². The Bertz CT molecular complexity index is 724. The summed E-state index contributed by atoms with van der Waals surface area (Å²) in [4.78, 5) is 21.3. The minimum absolute atomic E-state index is 0.295. The fourth-order valence-corrected chi connectivity index (χ4v) is 2.10. The smallest absolute Gasteiger partial charge is 0.339 e. The standard InChI is InChI=1S/C12H11N3O/c1-2-8-10-7-5-3-4-6-9(7)13-11(10)15-12(16)14-8/h3-6H,2H2,1H3,(H2,13,14,15,16). The quantitative estimate of drug-likeness (QED) is 0.649. The fraction of sp³-hybridized carbons (Fsp3) is 0.167. The Morgan fingerprint density at radius 1 is 1.25 bits per heavy atom. The Morgan fingerprint density at radius 2 is 2.06 bits per heavy atom. The molecular formula is C12H11N3O. The molecule has 0 fully saturated rings. The van der Waals surface area contributed by atoms with Crippen molar-refractivity contribution in [3.8, 4) is 0 Å². The largest absolute Gasteiger partial charge is 0.347 e. The van der Waals surface area contributed by atoms with Crippen LogP contribution in [-0.2, 0) is 6.42 Å². The molecule has 0 unspecified atom stereocenters. The number of nitrogens with one attached hydrogen (secondary N) is 2. The van der Waals surface area contributed by atoms with E-state index in [1.165, 1.54) is 0 Å². The second-order valence-corrected chi connectivity index (χ2v) is 3.77. The molecule has 4 heteroatoms. The normalized spacial score (nSPS) is 11.3. The highest BCUT2D eigenvalue weighted by Crippen LogP contribution is 2.25. The molecule has 0 aliphatic rings. The molecule has 0 bridgehead atoms. The maximum absolute atomic E-state index is 11.4. The van der Waals surface area contributed by atoms with Crippen LogP contribution in [0.15, 0.2) is 29.1 Å². The van der Waals surface area contributed by atoms with Crippen molar-refractivity contribution < 1.29 is 0 Å². The van der Waals surface area contributed by atoms with E-state index in [0.29, 0.717) is 5.65 Å². The molecule has 3 rings (SSSR count). The number of hydrogen-bond donors (Lipinski definition) is 2. The number of aryl methyl sites for hydroxylation is 1. The Kier molecular flexibility index (Phi) is 1.83. The van der Waals surface area contributed by atoms with Crippen LogP contribution in [-0.4, -0.2) is 15.0 Å². The molecule has 3 aromatic rings. The van der Waals surface area contributed by atoms with Crippen molar-refractivity contribution in [3.05, 3.63) is 40.4 Å². The van der Waals surface area contributed by atoms with Gasteiger partial charge in [0.25, 0.3) is 0 Å². The lowest BCUT2D eigenvalue weighted by Crippen LogP contribution is -2.12. The van der Waals surface area contributed by atoms with Crippen LogP contribution in [0.4, 0.5) is 0 Å². The third-order valence-electron chi connectivity index (χ3n) is 2.81.